The van der Waals surface area contributed by atoms with E-state index in [2.05, 4.69) is 47.3 Å². The average Bonchev–Trinajstić information content (AvgIpc) is 2.71. The summed E-state index contributed by atoms with van der Waals surface area (Å²) < 4.78 is 1.13. The highest BCUT2D eigenvalue weighted by molar-refractivity contribution is 9.10. The topological polar surface area (TPSA) is 26.0 Å². The summed E-state index contributed by atoms with van der Waals surface area (Å²) in [6.07, 6.45) is 0. The zero-order valence-electron chi connectivity index (χ0n) is 8.58. The van der Waals surface area contributed by atoms with Crippen molar-refractivity contribution < 1.29 is 0 Å². The van der Waals surface area contributed by atoms with Crippen LogP contribution in [0.5, 0.6) is 0 Å². The molecule has 0 amide bonds. The van der Waals surface area contributed by atoms with E-state index >= 15 is 0 Å². The standard InChI is InChI=1S/C11H12BrNS2/c1-6-3-4-14-10(6)9(13)11-8(12)5-7(2)15-11/h3-5,9H,13H2,1-2H3. The first-order valence-electron chi connectivity index (χ1n) is 4.65. The minimum atomic E-state index is 0.0121. The molecule has 0 aliphatic rings. The van der Waals surface area contributed by atoms with Gasteiger partial charge in [0.25, 0.3) is 0 Å². The van der Waals surface area contributed by atoms with Crippen molar-refractivity contribution >= 4 is 38.6 Å². The summed E-state index contributed by atoms with van der Waals surface area (Å²) in [5.41, 5.74) is 7.55. The Morgan fingerprint density at radius 1 is 1.33 bits per heavy atom. The Morgan fingerprint density at radius 2 is 2.07 bits per heavy atom. The highest BCUT2D eigenvalue weighted by Gasteiger charge is 2.17. The van der Waals surface area contributed by atoms with Crippen molar-refractivity contribution in [3.63, 3.8) is 0 Å². The number of halogens is 1. The molecule has 1 unspecified atom stereocenters. The van der Waals surface area contributed by atoms with Gasteiger partial charge in [-0.15, -0.1) is 22.7 Å². The van der Waals surface area contributed by atoms with Gasteiger partial charge in [0.2, 0.25) is 0 Å². The molecule has 0 radical (unpaired) electrons. The van der Waals surface area contributed by atoms with Crippen molar-refractivity contribution in [1.82, 2.24) is 0 Å². The van der Waals surface area contributed by atoms with Gasteiger partial charge in [-0.1, -0.05) is 0 Å². The van der Waals surface area contributed by atoms with Crippen LogP contribution in [0.25, 0.3) is 0 Å². The summed E-state index contributed by atoms with van der Waals surface area (Å²) in [6, 6.07) is 4.26. The molecule has 0 saturated heterocycles. The highest BCUT2D eigenvalue weighted by atomic mass is 79.9. The third-order valence-electron chi connectivity index (χ3n) is 2.30. The van der Waals surface area contributed by atoms with Crippen LogP contribution in [-0.4, -0.2) is 0 Å². The zero-order chi connectivity index (χ0) is 11.0. The predicted octanol–water partition coefficient (Wildman–Crippen LogP) is 4.24. The van der Waals surface area contributed by atoms with Crippen LogP contribution in [0, 0.1) is 13.8 Å². The van der Waals surface area contributed by atoms with Crippen molar-refractivity contribution in [2.75, 3.05) is 0 Å². The molecule has 2 aromatic rings. The Balaban J connectivity index is 2.40. The molecule has 4 heteroatoms. The Bertz CT molecular complexity index is 473. The first kappa shape index (κ1) is 11.3. The first-order valence-corrected chi connectivity index (χ1v) is 7.14. The minimum Gasteiger partial charge on any atom is -0.319 e. The van der Waals surface area contributed by atoms with Gasteiger partial charge in [-0.3, -0.25) is 0 Å². The average molecular weight is 302 g/mol. The summed E-state index contributed by atoms with van der Waals surface area (Å²) >= 11 is 7.06. The van der Waals surface area contributed by atoms with E-state index < -0.39 is 0 Å². The molecule has 0 aliphatic carbocycles. The number of thiophene rings is 2. The van der Waals surface area contributed by atoms with Crippen molar-refractivity contribution in [3.05, 3.63) is 42.2 Å². The molecule has 2 N–H and O–H groups in total. The Hall–Kier alpha value is -0.160. The van der Waals surface area contributed by atoms with Crippen LogP contribution < -0.4 is 5.73 Å². The van der Waals surface area contributed by atoms with Crippen LogP contribution >= 0.6 is 38.6 Å². The fraction of sp³-hybridized carbons (Fsp3) is 0.273. The summed E-state index contributed by atoms with van der Waals surface area (Å²) in [6.45, 7) is 4.22. The smallest absolute Gasteiger partial charge is 0.0754 e. The van der Waals surface area contributed by atoms with E-state index in [1.807, 2.05) is 0 Å². The van der Waals surface area contributed by atoms with Gasteiger partial charge in [-0.25, -0.2) is 0 Å². The zero-order valence-corrected chi connectivity index (χ0v) is 11.8. The van der Waals surface area contributed by atoms with Crippen LogP contribution in [0.2, 0.25) is 0 Å². The van der Waals surface area contributed by atoms with E-state index in [0.717, 1.165) is 4.47 Å². The number of hydrogen-bond acceptors (Lipinski definition) is 3. The number of hydrogen-bond donors (Lipinski definition) is 1. The molecule has 0 fully saturated rings. The molecule has 2 heterocycles. The maximum Gasteiger partial charge on any atom is 0.0754 e. The molecule has 80 valence electrons. The lowest BCUT2D eigenvalue weighted by molar-refractivity contribution is 0.903. The van der Waals surface area contributed by atoms with Gasteiger partial charge in [0.05, 0.1) is 6.04 Å². The lowest BCUT2D eigenvalue weighted by Crippen LogP contribution is -2.09. The molecule has 0 spiro atoms. The van der Waals surface area contributed by atoms with Gasteiger partial charge in [-0.2, -0.15) is 0 Å². The molecule has 0 saturated carbocycles. The molecule has 1 atom stereocenters. The Morgan fingerprint density at radius 3 is 2.53 bits per heavy atom. The fourth-order valence-corrected chi connectivity index (χ4v) is 4.46. The van der Waals surface area contributed by atoms with E-state index in [1.54, 1.807) is 22.7 Å². The molecule has 2 rings (SSSR count). The maximum atomic E-state index is 6.27. The van der Waals surface area contributed by atoms with E-state index in [1.165, 1.54) is 20.2 Å². The quantitative estimate of drug-likeness (QED) is 0.882. The lowest BCUT2D eigenvalue weighted by Gasteiger charge is -2.09. The third kappa shape index (κ3) is 2.18. The summed E-state index contributed by atoms with van der Waals surface area (Å²) in [4.78, 5) is 3.78. The van der Waals surface area contributed by atoms with Crippen LogP contribution in [-0.2, 0) is 0 Å². The van der Waals surface area contributed by atoms with Gasteiger partial charge in [0, 0.05) is 19.1 Å². The van der Waals surface area contributed by atoms with Crippen LogP contribution in [0.1, 0.15) is 26.2 Å². The van der Waals surface area contributed by atoms with Gasteiger partial charge < -0.3 is 5.73 Å². The lowest BCUT2D eigenvalue weighted by atomic mass is 10.1. The van der Waals surface area contributed by atoms with Gasteiger partial charge in [0.15, 0.2) is 0 Å². The first-order chi connectivity index (χ1) is 7.09. The van der Waals surface area contributed by atoms with Gasteiger partial charge in [0.1, 0.15) is 0 Å². The molecule has 15 heavy (non-hydrogen) atoms. The summed E-state index contributed by atoms with van der Waals surface area (Å²) in [7, 11) is 0. The maximum absolute atomic E-state index is 6.27. The monoisotopic (exact) mass is 301 g/mol. The molecule has 0 aromatic carbocycles. The largest absolute Gasteiger partial charge is 0.319 e. The molecular formula is C11H12BrNS2. The SMILES string of the molecule is Cc1cc(Br)c(C(N)c2sccc2C)s1. The molecule has 1 nitrogen and oxygen atoms in total. The van der Waals surface area contributed by atoms with Gasteiger partial charge >= 0.3 is 0 Å². The fourth-order valence-electron chi connectivity index (χ4n) is 1.54. The molecule has 0 aliphatic heterocycles. The minimum absolute atomic E-state index is 0.0121. The van der Waals surface area contributed by atoms with Crippen LogP contribution in [0.4, 0.5) is 0 Å². The predicted molar refractivity (Wildman–Crippen MR) is 71.8 cm³/mol. The van der Waals surface area contributed by atoms with Crippen molar-refractivity contribution in [2.24, 2.45) is 5.73 Å². The van der Waals surface area contributed by atoms with Crippen molar-refractivity contribution in [2.45, 2.75) is 19.9 Å². The Labute approximate surface area is 106 Å². The van der Waals surface area contributed by atoms with E-state index in [9.17, 15) is 0 Å². The van der Waals surface area contributed by atoms with Crippen LogP contribution in [0.15, 0.2) is 22.0 Å². The second-order valence-corrected chi connectivity index (χ2v) is 6.60. The second-order valence-electron chi connectivity index (χ2n) is 3.51. The highest BCUT2D eigenvalue weighted by Crippen LogP contribution is 2.36. The van der Waals surface area contributed by atoms with Crippen molar-refractivity contribution in [3.8, 4) is 0 Å². The second kappa shape index (κ2) is 4.37. The van der Waals surface area contributed by atoms with E-state index in [0.29, 0.717) is 0 Å². The molecule has 2 aromatic heterocycles. The van der Waals surface area contributed by atoms with Crippen molar-refractivity contribution in [1.29, 1.82) is 0 Å². The summed E-state index contributed by atoms with van der Waals surface area (Å²) in [5.74, 6) is 0. The summed E-state index contributed by atoms with van der Waals surface area (Å²) in [5, 5.41) is 2.10. The number of rotatable bonds is 2. The third-order valence-corrected chi connectivity index (χ3v) is 5.46. The molecule has 0 bridgehead atoms. The van der Waals surface area contributed by atoms with Crippen LogP contribution in [0.3, 0.4) is 0 Å². The number of aryl methyl sites for hydroxylation is 2. The van der Waals surface area contributed by atoms with E-state index in [-0.39, 0.29) is 6.04 Å². The molecular weight excluding hydrogens is 290 g/mol. The van der Waals surface area contributed by atoms with E-state index in [4.69, 9.17) is 5.73 Å². The number of nitrogens with two attached hydrogens (primary N) is 1. The Kier molecular flexibility index (Phi) is 3.30. The normalized spacial score (nSPS) is 13.1. The van der Waals surface area contributed by atoms with Gasteiger partial charge in [-0.05, 0) is 52.9 Å².